The number of aliphatic hydroxyl groups is 1. The van der Waals surface area contributed by atoms with Gasteiger partial charge in [0.2, 0.25) is 0 Å². The van der Waals surface area contributed by atoms with E-state index < -0.39 is 15.9 Å². The molecule has 0 saturated carbocycles. The van der Waals surface area contributed by atoms with E-state index in [0.29, 0.717) is 11.4 Å². The molecule has 1 aromatic carbocycles. The summed E-state index contributed by atoms with van der Waals surface area (Å²) in [5, 5.41) is 10.8. The van der Waals surface area contributed by atoms with Crippen LogP contribution in [0.5, 0.6) is 0 Å². The van der Waals surface area contributed by atoms with Crippen LogP contribution in [0.1, 0.15) is 23.7 Å². The number of benzene rings is 1. The van der Waals surface area contributed by atoms with Crippen LogP contribution in [0.4, 0.5) is 0 Å². The highest BCUT2D eigenvalue weighted by atomic mass is 35.5. The minimum absolute atomic E-state index is 0.0796. The highest BCUT2D eigenvalue weighted by Crippen LogP contribution is 2.33. The summed E-state index contributed by atoms with van der Waals surface area (Å²) < 4.78 is 22.8. The molecule has 1 fully saturated rings. The minimum atomic E-state index is -2.96. The van der Waals surface area contributed by atoms with Crippen molar-refractivity contribution in [1.29, 1.82) is 0 Å². The van der Waals surface area contributed by atoms with E-state index in [1.54, 1.807) is 18.2 Å². The van der Waals surface area contributed by atoms with Gasteiger partial charge in [-0.3, -0.25) is 0 Å². The van der Waals surface area contributed by atoms with Crippen LogP contribution in [0, 0.1) is 12.8 Å². The number of halogens is 1. The third kappa shape index (κ3) is 2.81. The van der Waals surface area contributed by atoms with Crippen molar-refractivity contribution in [2.75, 3.05) is 11.5 Å². The summed E-state index contributed by atoms with van der Waals surface area (Å²) in [7, 11) is -2.96. The molecule has 0 amide bonds. The molecule has 1 heterocycles. The maximum absolute atomic E-state index is 11.4. The van der Waals surface area contributed by atoms with E-state index in [1.165, 1.54) is 0 Å². The Hall–Kier alpha value is -0.580. The van der Waals surface area contributed by atoms with E-state index >= 15 is 0 Å². The van der Waals surface area contributed by atoms with E-state index in [4.69, 9.17) is 11.6 Å². The quantitative estimate of drug-likeness (QED) is 0.899. The first-order valence-corrected chi connectivity index (χ1v) is 7.73. The van der Waals surface area contributed by atoms with Gasteiger partial charge in [-0.25, -0.2) is 8.42 Å². The fourth-order valence-electron chi connectivity index (χ4n) is 2.30. The molecule has 1 aliphatic heterocycles. The Bertz CT molecular complexity index is 525. The van der Waals surface area contributed by atoms with E-state index in [9.17, 15) is 13.5 Å². The summed E-state index contributed by atoms with van der Waals surface area (Å²) in [6.07, 6.45) is -0.185. The Labute approximate surface area is 106 Å². The fraction of sp³-hybridized carbons (Fsp3) is 0.500. The monoisotopic (exact) mass is 274 g/mol. The summed E-state index contributed by atoms with van der Waals surface area (Å²) in [5.74, 6) is 0.0669. The van der Waals surface area contributed by atoms with Gasteiger partial charge in [0.05, 0.1) is 17.6 Å². The van der Waals surface area contributed by atoms with Gasteiger partial charge in [0.15, 0.2) is 9.84 Å². The third-order valence-corrected chi connectivity index (χ3v) is 5.29. The number of sulfone groups is 1. The molecule has 17 heavy (non-hydrogen) atoms. The summed E-state index contributed by atoms with van der Waals surface area (Å²) >= 11 is 5.85. The van der Waals surface area contributed by atoms with Crippen LogP contribution in [0.2, 0.25) is 5.02 Å². The lowest BCUT2D eigenvalue weighted by atomic mass is 9.92. The van der Waals surface area contributed by atoms with Crippen LogP contribution in [0.25, 0.3) is 0 Å². The van der Waals surface area contributed by atoms with E-state index in [1.807, 2.05) is 6.92 Å². The van der Waals surface area contributed by atoms with Crippen LogP contribution >= 0.6 is 11.6 Å². The Balaban J connectivity index is 2.23. The molecule has 0 radical (unpaired) electrons. The SMILES string of the molecule is Cc1cc(Cl)ccc1C(O)C1CCS(=O)(=O)C1. The molecule has 2 unspecified atom stereocenters. The van der Waals surface area contributed by atoms with Gasteiger partial charge in [-0.05, 0) is 36.6 Å². The molecular formula is C12H15ClO3S. The van der Waals surface area contributed by atoms with Crippen LogP contribution in [0.15, 0.2) is 18.2 Å². The predicted molar refractivity (Wildman–Crippen MR) is 67.9 cm³/mol. The molecule has 1 saturated heterocycles. The van der Waals surface area contributed by atoms with Crippen molar-refractivity contribution in [2.45, 2.75) is 19.4 Å². The average Bonchev–Trinajstić information content (AvgIpc) is 2.58. The van der Waals surface area contributed by atoms with Crippen LogP contribution in [-0.4, -0.2) is 25.0 Å². The van der Waals surface area contributed by atoms with Gasteiger partial charge in [0.25, 0.3) is 0 Å². The molecule has 5 heteroatoms. The lowest BCUT2D eigenvalue weighted by molar-refractivity contribution is 0.120. The van der Waals surface area contributed by atoms with Gasteiger partial charge in [-0.15, -0.1) is 0 Å². The molecule has 2 atom stereocenters. The second kappa shape index (κ2) is 4.59. The molecule has 1 N–H and O–H groups in total. The standard InChI is InChI=1S/C12H15ClO3S/c1-8-6-10(13)2-3-11(8)12(14)9-4-5-17(15,16)7-9/h2-3,6,9,12,14H,4-5,7H2,1H3. The van der Waals surface area contributed by atoms with Gasteiger partial charge >= 0.3 is 0 Å². The summed E-state index contributed by atoms with van der Waals surface area (Å²) in [6.45, 7) is 1.87. The first-order chi connectivity index (χ1) is 7.89. The first kappa shape index (κ1) is 12.9. The molecule has 94 valence electrons. The highest BCUT2D eigenvalue weighted by Gasteiger charge is 2.33. The second-order valence-corrected chi connectivity index (χ2v) is 7.27. The van der Waals surface area contributed by atoms with Crippen molar-refractivity contribution >= 4 is 21.4 Å². The lowest BCUT2D eigenvalue weighted by Gasteiger charge is -2.19. The zero-order valence-corrected chi connectivity index (χ0v) is 11.1. The molecular weight excluding hydrogens is 260 g/mol. The normalized spacial score (nSPS) is 24.8. The number of aliphatic hydroxyl groups excluding tert-OH is 1. The third-order valence-electron chi connectivity index (χ3n) is 3.26. The Morgan fingerprint density at radius 1 is 1.47 bits per heavy atom. The molecule has 0 aliphatic carbocycles. The number of hydrogen-bond acceptors (Lipinski definition) is 3. The van der Waals surface area contributed by atoms with Gasteiger partial charge in [0.1, 0.15) is 0 Å². The largest absolute Gasteiger partial charge is 0.388 e. The molecule has 0 aromatic heterocycles. The van der Waals surface area contributed by atoms with Gasteiger partial charge in [-0.2, -0.15) is 0 Å². The van der Waals surface area contributed by atoms with E-state index in [0.717, 1.165) is 11.1 Å². The second-order valence-electron chi connectivity index (χ2n) is 4.61. The zero-order chi connectivity index (χ0) is 12.6. The smallest absolute Gasteiger partial charge is 0.150 e. The summed E-state index contributed by atoms with van der Waals surface area (Å²) in [5.41, 5.74) is 1.67. The Morgan fingerprint density at radius 3 is 2.71 bits per heavy atom. The molecule has 1 aromatic rings. The molecule has 0 bridgehead atoms. The predicted octanol–water partition coefficient (Wildman–Crippen LogP) is 2.12. The fourth-order valence-corrected chi connectivity index (χ4v) is 4.35. The van der Waals surface area contributed by atoms with Crippen molar-refractivity contribution < 1.29 is 13.5 Å². The molecule has 0 spiro atoms. The Kier molecular flexibility index (Phi) is 3.48. The maximum atomic E-state index is 11.4. The van der Waals surface area contributed by atoms with E-state index in [-0.39, 0.29) is 17.4 Å². The van der Waals surface area contributed by atoms with Crippen molar-refractivity contribution in [2.24, 2.45) is 5.92 Å². The van der Waals surface area contributed by atoms with E-state index in [2.05, 4.69) is 0 Å². The highest BCUT2D eigenvalue weighted by molar-refractivity contribution is 7.91. The maximum Gasteiger partial charge on any atom is 0.150 e. The van der Waals surface area contributed by atoms with Crippen molar-refractivity contribution in [1.82, 2.24) is 0 Å². The van der Waals surface area contributed by atoms with Gasteiger partial charge in [-0.1, -0.05) is 17.7 Å². The van der Waals surface area contributed by atoms with Crippen LogP contribution in [0.3, 0.4) is 0 Å². The number of hydrogen-bond donors (Lipinski definition) is 1. The number of rotatable bonds is 2. The minimum Gasteiger partial charge on any atom is -0.388 e. The van der Waals surface area contributed by atoms with Gasteiger partial charge < -0.3 is 5.11 Å². The molecule has 3 nitrogen and oxygen atoms in total. The zero-order valence-electron chi connectivity index (χ0n) is 9.56. The topological polar surface area (TPSA) is 54.4 Å². The van der Waals surface area contributed by atoms with Crippen molar-refractivity contribution in [3.8, 4) is 0 Å². The summed E-state index contributed by atoms with van der Waals surface area (Å²) in [6, 6.07) is 5.27. The van der Waals surface area contributed by atoms with Crippen LogP contribution < -0.4 is 0 Å². The average molecular weight is 275 g/mol. The molecule has 2 rings (SSSR count). The Morgan fingerprint density at radius 2 is 2.18 bits per heavy atom. The molecule has 1 aliphatic rings. The lowest BCUT2D eigenvalue weighted by Crippen LogP contribution is -2.15. The first-order valence-electron chi connectivity index (χ1n) is 5.53. The van der Waals surface area contributed by atoms with Crippen LogP contribution in [-0.2, 0) is 9.84 Å². The number of aryl methyl sites for hydroxylation is 1. The summed E-state index contributed by atoms with van der Waals surface area (Å²) in [4.78, 5) is 0. The van der Waals surface area contributed by atoms with Crippen molar-refractivity contribution in [3.05, 3.63) is 34.3 Å². The van der Waals surface area contributed by atoms with Gasteiger partial charge in [0, 0.05) is 10.9 Å². The van der Waals surface area contributed by atoms with Crippen molar-refractivity contribution in [3.63, 3.8) is 0 Å².